The fourth-order valence-corrected chi connectivity index (χ4v) is 4.38. The summed E-state index contributed by atoms with van der Waals surface area (Å²) in [6, 6.07) is 3.43. The van der Waals surface area contributed by atoms with Gasteiger partial charge in [0.25, 0.3) is 0 Å². The molecule has 0 amide bonds. The van der Waals surface area contributed by atoms with Gasteiger partial charge in [0.2, 0.25) is 5.78 Å². The van der Waals surface area contributed by atoms with Crippen LogP contribution in [-0.4, -0.2) is 49.2 Å². The van der Waals surface area contributed by atoms with Crippen molar-refractivity contribution < 1.29 is 18.7 Å². The highest BCUT2D eigenvalue weighted by Crippen LogP contribution is 2.43. The van der Waals surface area contributed by atoms with E-state index in [1.165, 1.54) is 5.57 Å². The van der Waals surface area contributed by atoms with E-state index in [9.17, 15) is 4.79 Å². The zero-order valence-corrected chi connectivity index (χ0v) is 19.5. The van der Waals surface area contributed by atoms with Crippen LogP contribution in [0, 0.1) is 0 Å². The molecule has 1 aliphatic heterocycles. The number of alkyl halides is 1. The summed E-state index contributed by atoms with van der Waals surface area (Å²) in [5, 5.41) is 0. The predicted molar refractivity (Wildman–Crippen MR) is 128 cm³/mol. The molecule has 0 fully saturated rings. The second kappa shape index (κ2) is 10.8. The number of fused-ring (bicyclic) bond motifs is 1. The van der Waals surface area contributed by atoms with Crippen LogP contribution in [0.25, 0.3) is 0 Å². The maximum absolute atomic E-state index is 15.9. The molecule has 0 saturated carbocycles. The first-order valence-corrected chi connectivity index (χ1v) is 11.4. The summed E-state index contributed by atoms with van der Waals surface area (Å²) >= 11 is 0. The van der Waals surface area contributed by atoms with Gasteiger partial charge in [0.15, 0.2) is 17.2 Å². The number of ether oxygens (including phenoxy) is 2. The van der Waals surface area contributed by atoms with Gasteiger partial charge >= 0.3 is 0 Å². The molecular weight excluding hydrogens is 405 g/mol. The van der Waals surface area contributed by atoms with Gasteiger partial charge < -0.3 is 9.47 Å². The second-order valence-corrected chi connectivity index (χ2v) is 8.45. The topological polar surface area (TPSA) is 38.8 Å². The minimum absolute atomic E-state index is 0.0895. The molecule has 32 heavy (non-hydrogen) atoms. The molecular formula is C27H34FNO3. The van der Waals surface area contributed by atoms with Gasteiger partial charge in [-0.25, -0.2) is 4.39 Å². The van der Waals surface area contributed by atoms with Crippen LogP contribution in [0.15, 0.2) is 60.2 Å². The van der Waals surface area contributed by atoms with E-state index in [0.29, 0.717) is 35.8 Å². The van der Waals surface area contributed by atoms with Gasteiger partial charge in [0.05, 0.1) is 13.2 Å². The summed E-state index contributed by atoms with van der Waals surface area (Å²) < 4.78 is 27.2. The smallest absolute Gasteiger partial charge is 0.201 e. The van der Waals surface area contributed by atoms with E-state index in [-0.39, 0.29) is 12.8 Å². The van der Waals surface area contributed by atoms with Gasteiger partial charge in [-0.2, -0.15) is 0 Å². The number of allylic oxidation sites excluding steroid dienone is 4. The summed E-state index contributed by atoms with van der Waals surface area (Å²) in [6.07, 6.45) is 10.8. The van der Waals surface area contributed by atoms with Crippen molar-refractivity contribution in [2.45, 2.75) is 45.7 Å². The van der Waals surface area contributed by atoms with Crippen LogP contribution in [0.2, 0.25) is 0 Å². The highest BCUT2D eigenvalue weighted by molar-refractivity contribution is 6.07. The Labute approximate surface area is 191 Å². The van der Waals surface area contributed by atoms with Gasteiger partial charge in [-0.3, -0.25) is 9.69 Å². The van der Waals surface area contributed by atoms with Crippen LogP contribution in [0.1, 0.15) is 49.5 Å². The highest BCUT2D eigenvalue weighted by atomic mass is 19.1. The van der Waals surface area contributed by atoms with Crippen LogP contribution >= 0.6 is 0 Å². The molecule has 5 heteroatoms. The normalized spacial score (nSPS) is 21.6. The van der Waals surface area contributed by atoms with Crippen molar-refractivity contribution in [3.63, 3.8) is 0 Å². The molecule has 0 saturated heterocycles. The van der Waals surface area contributed by atoms with Crippen molar-refractivity contribution >= 4 is 5.78 Å². The number of ketones is 1. The lowest BCUT2D eigenvalue weighted by atomic mass is 9.89. The molecule has 3 rings (SSSR count). The van der Waals surface area contributed by atoms with E-state index in [4.69, 9.17) is 9.47 Å². The Balaban J connectivity index is 1.68. The maximum atomic E-state index is 15.9. The SMILES string of the molecule is C=C/C=C\C=C(/C)CN1CC=C(CC2(F)Cc3cc(OCC)c(OCC)cc3C2=O)CC1. The van der Waals surface area contributed by atoms with Gasteiger partial charge in [0.1, 0.15) is 0 Å². The second-order valence-electron chi connectivity index (χ2n) is 8.45. The summed E-state index contributed by atoms with van der Waals surface area (Å²) in [5.41, 5.74) is 1.52. The Bertz CT molecular complexity index is 946. The summed E-state index contributed by atoms with van der Waals surface area (Å²) in [5.74, 6) is 0.640. The zero-order chi connectivity index (χ0) is 23.1. The van der Waals surface area contributed by atoms with Gasteiger partial charge in [0, 0.05) is 38.0 Å². The third-order valence-electron chi connectivity index (χ3n) is 5.89. The Morgan fingerprint density at radius 2 is 1.94 bits per heavy atom. The number of benzene rings is 1. The molecule has 1 heterocycles. The molecule has 172 valence electrons. The minimum Gasteiger partial charge on any atom is -0.490 e. The average molecular weight is 440 g/mol. The Morgan fingerprint density at radius 1 is 1.22 bits per heavy atom. The van der Waals surface area contributed by atoms with Crippen LogP contribution in [0.3, 0.4) is 0 Å². The number of carbonyl (C=O) groups is 1. The first-order chi connectivity index (χ1) is 15.4. The van der Waals surface area contributed by atoms with E-state index in [1.807, 2.05) is 26.0 Å². The van der Waals surface area contributed by atoms with Crippen LogP contribution in [0.5, 0.6) is 11.5 Å². The standard InChI is InChI=1S/C27H34FNO3/c1-5-8-9-10-20(4)19-29-13-11-21(12-14-29)17-27(28)18-22-15-24(31-6-2)25(32-7-3)16-23(22)26(27)30/h5,8-11,15-16H,1,6-7,12-14,17-19H2,2-4H3/b9-8-,20-10+. The third-order valence-corrected chi connectivity index (χ3v) is 5.89. The van der Waals surface area contributed by atoms with Crippen molar-refractivity contribution in [2.24, 2.45) is 0 Å². The third kappa shape index (κ3) is 5.57. The Morgan fingerprint density at radius 3 is 2.56 bits per heavy atom. The molecule has 0 N–H and O–H groups in total. The molecule has 0 bridgehead atoms. The molecule has 1 aromatic carbocycles. The number of Topliss-reactive ketones (excluding diaryl/α,β-unsaturated/α-hetero) is 1. The van der Waals surface area contributed by atoms with Crippen molar-refractivity contribution in [1.29, 1.82) is 0 Å². The molecule has 0 aromatic heterocycles. The van der Waals surface area contributed by atoms with Crippen LogP contribution < -0.4 is 9.47 Å². The molecule has 0 spiro atoms. The number of halogens is 1. The molecule has 1 unspecified atom stereocenters. The lowest BCUT2D eigenvalue weighted by Crippen LogP contribution is -2.35. The zero-order valence-electron chi connectivity index (χ0n) is 19.5. The number of rotatable bonds is 10. The summed E-state index contributed by atoms with van der Waals surface area (Å²) in [4.78, 5) is 15.4. The fourth-order valence-electron chi connectivity index (χ4n) is 4.38. The van der Waals surface area contributed by atoms with Gasteiger partial charge in [-0.05, 0) is 44.9 Å². The van der Waals surface area contributed by atoms with E-state index < -0.39 is 11.5 Å². The monoisotopic (exact) mass is 439 g/mol. The van der Waals surface area contributed by atoms with Crippen molar-refractivity contribution in [3.8, 4) is 11.5 Å². The first-order valence-electron chi connectivity index (χ1n) is 11.4. The Hall–Kier alpha value is -2.66. The average Bonchev–Trinajstić information content (AvgIpc) is 3.00. The van der Waals surface area contributed by atoms with Crippen LogP contribution in [-0.2, 0) is 6.42 Å². The Kier molecular flexibility index (Phi) is 8.08. The highest BCUT2D eigenvalue weighted by Gasteiger charge is 2.47. The molecule has 2 aliphatic rings. The molecule has 0 radical (unpaired) electrons. The number of nitrogens with zero attached hydrogens (tertiary/aromatic N) is 1. The maximum Gasteiger partial charge on any atom is 0.201 e. The van der Waals surface area contributed by atoms with E-state index >= 15 is 4.39 Å². The molecule has 1 atom stereocenters. The minimum atomic E-state index is -1.89. The largest absolute Gasteiger partial charge is 0.490 e. The van der Waals surface area contributed by atoms with Gasteiger partial charge in [-0.1, -0.05) is 48.1 Å². The predicted octanol–water partition coefficient (Wildman–Crippen LogP) is 5.64. The number of hydrogen-bond acceptors (Lipinski definition) is 4. The van der Waals surface area contributed by atoms with Gasteiger partial charge in [-0.15, -0.1) is 0 Å². The summed E-state index contributed by atoms with van der Waals surface area (Å²) in [7, 11) is 0. The van der Waals surface area contributed by atoms with E-state index in [0.717, 1.165) is 31.6 Å². The number of carbonyl (C=O) groups excluding carboxylic acids is 1. The number of hydrogen-bond donors (Lipinski definition) is 0. The molecule has 1 aliphatic carbocycles. The fraction of sp³-hybridized carbons (Fsp3) is 0.444. The lowest BCUT2D eigenvalue weighted by Gasteiger charge is -2.28. The quantitative estimate of drug-likeness (QED) is 0.349. The van der Waals surface area contributed by atoms with Crippen molar-refractivity contribution in [3.05, 3.63) is 71.4 Å². The van der Waals surface area contributed by atoms with Crippen LogP contribution in [0.4, 0.5) is 4.39 Å². The first kappa shape index (κ1) is 24.0. The van der Waals surface area contributed by atoms with E-state index in [1.54, 1.807) is 18.2 Å². The summed E-state index contributed by atoms with van der Waals surface area (Å²) in [6.45, 7) is 13.0. The van der Waals surface area contributed by atoms with Crippen molar-refractivity contribution in [1.82, 2.24) is 4.90 Å². The lowest BCUT2D eigenvalue weighted by molar-refractivity contribution is 0.0716. The van der Waals surface area contributed by atoms with E-state index in [2.05, 4.69) is 30.6 Å². The van der Waals surface area contributed by atoms with Crippen molar-refractivity contribution in [2.75, 3.05) is 32.8 Å². The molecule has 4 nitrogen and oxygen atoms in total. The molecule has 1 aromatic rings.